The van der Waals surface area contributed by atoms with Crippen LogP contribution in [0.3, 0.4) is 0 Å². The predicted octanol–water partition coefficient (Wildman–Crippen LogP) is 3.04. The van der Waals surface area contributed by atoms with E-state index in [0.717, 1.165) is 17.7 Å². The average molecular weight is 247 g/mol. The Morgan fingerprint density at radius 2 is 1.56 bits per heavy atom. The maximum Gasteiger partial charge on any atom is 0.248 e. The normalized spacial score (nSPS) is 10.4. The standard InChI is InChI=1S/C14H11F2NO/c1-8-2-4-9(5-3-8)13-11(15)6-10(14(17)18)7-12(13)16/h2-7H,1H3,(H2,17,18). The molecule has 0 fully saturated rings. The zero-order valence-corrected chi connectivity index (χ0v) is 9.71. The van der Waals surface area contributed by atoms with Gasteiger partial charge in [-0.2, -0.15) is 0 Å². The fraction of sp³-hybridized carbons (Fsp3) is 0.0714. The molecule has 2 rings (SSSR count). The molecular weight excluding hydrogens is 236 g/mol. The van der Waals surface area contributed by atoms with Crippen molar-refractivity contribution in [1.29, 1.82) is 0 Å². The molecule has 18 heavy (non-hydrogen) atoms. The topological polar surface area (TPSA) is 43.1 Å². The number of benzene rings is 2. The quantitative estimate of drug-likeness (QED) is 0.870. The number of carbonyl (C=O) groups excluding carboxylic acids is 1. The molecule has 0 aliphatic heterocycles. The van der Waals surface area contributed by atoms with Crippen LogP contribution in [0.2, 0.25) is 0 Å². The molecule has 2 nitrogen and oxygen atoms in total. The molecule has 0 saturated heterocycles. The van der Waals surface area contributed by atoms with Crippen LogP contribution < -0.4 is 5.73 Å². The molecule has 2 N–H and O–H groups in total. The number of primary amides is 1. The molecule has 0 saturated carbocycles. The zero-order chi connectivity index (χ0) is 13.3. The van der Waals surface area contributed by atoms with Crippen LogP contribution in [-0.4, -0.2) is 5.91 Å². The summed E-state index contributed by atoms with van der Waals surface area (Å²) in [5, 5.41) is 0. The molecule has 2 aromatic carbocycles. The van der Waals surface area contributed by atoms with Crippen molar-refractivity contribution in [1.82, 2.24) is 0 Å². The van der Waals surface area contributed by atoms with Crippen LogP contribution >= 0.6 is 0 Å². The Hall–Kier alpha value is -2.23. The molecular formula is C14H11F2NO. The van der Waals surface area contributed by atoms with Crippen LogP contribution in [-0.2, 0) is 0 Å². The van der Waals surface area contributed by atoms with Crippen molar-refractivity contribution in [2.45, 2.75) is 6.92 Å². The summed E-state index contributed by atoms with van der Waals surface area (Å²) in [6, 6.07) is 8.66. The fourth-order valence-electron chi connectivity index (χ4n) is 1.71. The van der Waals surface area contributed by atoms with E-state index in [2.05, 4.69) is 0 Å². The van der Waals surface area contributed by atoms with Crippen LogP contribution in [0.15, 0.2) is 36.4 Å². The Morgan fingerprint density at radius 1 is 1.06 bits per heavy atom. The highest BCUT2D eigenvalue weighted by Crippen LogP contribution is 2.27. The second-order valence-electron chi connectivity index (χ2n) is 4.05. The van der Waals surface area contributed by atoms with Gasteiger partial charge in [0.1, 0.15) is 11.6 Å². The molecule has 0 radical (unpaired) electrons. The number of hydrogen-bond acceptors (Lipinski definition) is 1. The van der Waals surface area contributed by atoms with Gasteiger partial charge in [-0.15, -0.1) is 0 Å². The highest BCUT2D eigenvalue weighted by atomic mass is 19.1. The number of carbonyl (C=O) groups is 1. The summed E-state index contributed by atoms with van der Waals surface area (Å²) in [4.78, 5) is 10.9. The minimum absolute atomic E-state index is 0.153. The molecule has 0 aliphatic rings. The first-order chi connectivity index (χ1) is 8.49. The average Bonchev–Trinajstić information content (AvgIpc) is 2.30. The summed E-state index contributed by atoms with van der Waals surface area (Å²) in [6.07, 6.45) is 0. The summed E-state index contributed by atoms with van der Waals surface area (Å²) in [5.41, 5.74) is 6.07. The summed E-state index contributed by atoms with van der Waals surface area (Å²) >= 11 is 0. The summed E-state index contributed by atoms with van der Waals surface area (Å²) in [7, 11) is 0. The van der Waals surface area contributed by atoms with E-state index < -0.39 is 17.5 Å². The van der Waals surface area contributed by atoms with E-state index in [0.29, 0.717) is 5.56 Å². The molecule has 0 spiro atoms. The first-order valence-electron chi connectivity index (χ1n) is 5.35. The molecule has 92 valence electrons. The minimum Gasteiger partial charge on any atom is -0.366 e. The van der Waals surface area contributed by atoms with Crippen LogP contribution in [0, 0.1) is 18.6 Å². The smallest absolute Gasteiger partial charge is 0.248 e. The van der Waals surface area contributed by atoms with Crippen molar-refractivity contribution in [3.05, 3.63) is 59.2 Å². The number of halogens is 2. The van der Waals surface area contributed by atoms with Crippen molar-refractivity contribution >= 4 is 5.91 Å². The largest absolute Gasteiger partial charge is 0.366 e. The molecule has 0 aliphatic carbocycles. The zero-order valence-electron chi connectivity index (χ0n) is 9.71. The Morgan fingerprint density at radius 3 is 2.00 bits per heavy atom. The Kier molecular flexibility index (Phi) is 3.10. The third-order valence-corrected chi connectivity index (χ3v) is 2.67. The van der Waals surface area contributed by atoms with Gasteiger partial charge < -0.3 is 5.73 Å². The van der Waals surface area contributed by atoms with E-state index in [1.165, 1.54) is 0 Å². The molecule has 4 heteroatoms. The summed E-state index contributed by atoms with van der Waals surface area (Å²) in [6.45, 7) is 1.88. The Labute approximate surface area is 103 Å². The lowest BCUT2D eigenvalue weighted by Crippen LogP contribution is -2.12. The minimum atomic E-state index is -0.858. The number of aryl methyl sites for hydroxylation is 1. The van der Waals surface area contributed by atoms with Gasteiger partial charge in [0.25, 0.3) is 0 Å². The van der Waals surface area contributed by atoms with E-state index >= 15 is 0 Å². The fourth-order valence-corrected chi connectivity index (χ4v) is 1.71. The third-order valence-electron chi connectivity index (χ3n) is 2.67. The van der Waals surface area contributed by atoms with Gasteiger partial charge in [0, 0.05) is 5.56 Å². The van der Waals surface area contributed by atoms with Crippen LogP contribution in [0.5, 0.6) is 0 Å². The predicted molar refractivity (Wildman–Crippen MR) is 65.0 cm³/mol. The first-order valence-corrected chi connectivity index (χ1v) is 5.35. The second-order valence-corrected chi connectivity index (χ2v) is 4.05. The molecule has 0 atom stereocenters. The van der Waals surface area contributed by atoms with Gasteiger partial charge in [-0.05, 0) is 24.6 Å². The second kappa shape index (κ2) is 4.56. The molecule has 0 aromatic heterocycles. The maximum absolute atomic E-state index is 13.8. The van der Waals surface area contributed by atoms with Gasteiger partial charge in [-0.25, -0.2) is 8.78 Å². The van der Waals surface area contributed by atoms with Gasteiger partial charge >= 0.3 is 0 Å². The van der Waals surface area contributed by atoms with Crippen molar-refractivity contribution < 1.29 is 13.6 Å². The van der Waals surface area contributed by atoms with Crippen LogP contribution in [0.25, 0.3) is 11.1 Å². The van der Waals surface area contributed by atoms with E-state index in [1.54, 1.807) is 24.3 Å². The SMILES string of the molecule is Cc1ccc(-c2c(F)cc(C(N)=O)cc2F)cc1. The van der Waals surface area contributed by atoms with E-state index in [-0.39, 0.29) is 11.1 Å². The van der Waals surface area contributed by atoms with Gasteiger partial charge in [0.05, 0.1) is 5.56 Å². The number of rotatable bonds is 2. The van der Waals surface area contributed by atoms with E-state index in [4.69, 9.17) is 5.73 Å². The lowest BCUT2D eigenvalue weighted by atomic mass is 10.0. The van der Waals surface area contributed by atoms with Crippen molar-refractivity contribution in [2.24, 2.45) is 5.73 Å². The van der Waals surface area contributed by atoms with Gasteiger partial charge in [0.2, 0.25) is 5.91 Å². The van der Waals surface area contributed by atoms with Crippen molar-refractivity contribution in [3.8, 4) is 11.1 Å². The molecule has 0 heterocycles. The van der Waals surface area contributed by atoms with Crippen molar-refractivity contribution in [2.75, 3.05) is 0 Å². The first kappa shape index (κ1) is 12.2. The van der Waals surface area contributed by atoms with Gasteiger partial charge in [0.15, 0.2) is 0 Å². The molecule has 1 amide bonds. The van der Waals surface area contributed by atoms with Gasteiger partial charge in [-0.3, -0.25) is 4.79 Å². The van der Waals surface area contributed by atoms with Crippen LogP contribution in [0.4, 0.5) is 8.78 Å². The lowest BCUT2D eigenvalue weighted by molar-refractivity contribution is 0.0999. The summed E-state index contributed by atoms with van der Waals surface area (Å²) < 4.78 is 27.6. The third kappa shape index (κ3) is 2.22. The van der Waals surface area contributed by atoms with Gasteiger partial charge in [-0.1, -0.05) is 29.8 Å². The molecule has 2 aromatic rings. The van der Waals surface area contributed by atoms with Crippen molar-refractivity contribution in [3.63, 3.8) is 0 Å². The highest BCUT2D eigenvalue weighted by Gasteiger charge is 2.15. The number of nitrogens with two attached hydrogens (primary N) is 1. The van der Waals surface area contributed by atoms with Crippen LogP contribution in [0.1, 0.15) is 15.9 Å². The van der Waals surface area contributed by atoms with E-state index in [9.17, 15) is 13.6 Å². The Bertz CT molecular complexity index is 583. The highest BCUT2D eigenvalue weighted by molar-refractivity contribution is 5.93. The Balaban J connectivity index is 2.58. The molecule has 0 unspecified atom stereocenters. The molecule has 0 bridgehead atoms. The lowest BCUT2D eigenvalue weighted by Gasteiger charge is -2.07. The monoisotopic (exact) mass is 247 g/mol. The maximum atomic E-state index is 13.8. The number of hydrogen-bond donors (Lipinski definition) is 1. The summed E-state index contributed by atoms with van der Waals surface area (Å²) in [5.74, 6) is -2.46. The number of amides is 1. The van der Waals surface area contributed by atoms with E-state index in [1.807, 2.05) is 6.92 Å².